The van der Waals surface area contributed by atoms with Gasteiger partial charge < -0.3 is 20.1 Å². The minimum absolute atomic E-state index is 0.00838. The minimum atomic E-state index is -4.67. The molecule has 2 N–H and O–H groups in total. The van der Waals surface area contributed by atoms with Gasteiger partial charge in [0.25, 0.3) is 5.91 Å². The molecule has 0 bridgehead atoms. The van der Waals surface area contributed by atoms with Gasteiger partial charge in [-0.2, -0.15) is 18.3 Å². The third-order valence-electron chi connectivity index (χ3n) is 3.62. The number of hydrogen-bond acceptors (Lipinski definition) is 5. The Bertz CT molecular complexity index is 893. The topological polar surface area (TPSA) is 94.5 Å². The van der Waals surface area contributed by atoms with Gasteiger partial charge in [0.05, 0.1) is 25.6 Å². The molecular weight excluding hydrogens is 381 g/mol. The first kappa shape index (κ1) is 21.1. The van der Waals surface area contributed by atoms with Crippen molar-refractivity contribution in [3.8, 4) is 11.5 Å². The predicted molar refractivity (Wildman–Crippen MR) is 94.7 cm³/mol. The number of nitrogens with zero attached hydrogens (tertiary/aromatic N) is 2. The summed E-state index contributed by atoms with van der Waals surface area (Å²) in [6.45, 7) is 1.75. The van der Waals surface area contributed by atoms with Crippen molar-refractivity contribution in [1.82, 2.24) is 9.78 Å². The van der Waals surface area contributed by atoms with Gasteiger partial charge in [-0.1, -0.05) is 0 Å². The maximum Gasteiger partial charge on any atom is 0.397 e. The average molecular weight is 400 g/mol. The Balaban J connectivity index is 2.35. The normalized spacial score (nSPS) is 11.1. The number of rotatable bonds is 6. The largest absolute Gasteiger partial charge is 0.493 e. The first-order chi connectivity index (χ1) is 13.0. The van der Waals surface area contributed by atoms with Gasteiger partial charge in [0.15, 0.2) is 11.5 Å². The summed E-state index contributed by atoms with van der Waals surface area (Å²) in [5.41, 5.74) is 0.603. The van der Waals surface area contributed by atoms with Crippen LogP contribution >= 0.6 is 0 Å². The number of ether oxygens (including phenoxy) is 2. The zero-order valence-electron chi connectivity index (χ0n) is 15.6. The molecule has 11 heteroatoms. The van der Waals surface area contributed by atoms with Crippen LogP contribution in [0.2, 0.25) is 0 Å². The molecule has 0 fully saturated rings. The summed E-state index contributed by atoms with van der Waals surface area (Å²) < 4.78 is 49.0. The molecule has 28 heavy (non-hydrogen) atoms. The molecular formula is C17H19F3N4O4. The van der Waals surface area contributed by atoms with E-state index in [4.69, 9.17) is 9.47 Å². The number of anilines is 2. The van der Waals surface area contributed by atoms with Crippen molar-refractivity contribution in [1.29, 1.82) is 0 Å². The van der Waals surface area contributed by atoms with E-state index in [9.17, 15) is 22.8 Å². The van der Waals surface area contributed by atoms with Gasteiger partial charge >= 0.3 is 6.18 Å². The molecule has 2 aromatic rings. The monoisotopic (exact) mass is 400 g/mol. The van der Waals surface area contributed by atoms with Gasteiger partial charge in [0, 0.05) is 18.7 Å². The summed E-state index contributed by atoms with van der Waals surface area (Å²) in [6.07, 6.45) is -6.35. The number of methoxy groups -OCH3 is 2. The van der Waals surface area contributed by atoms with E-state index in [1.807, 2.05) is 0 Å². The Morgan fingerprint density at radius 3 is 2.32 bits per heavy atom. The molecule has 8 nitrogen and oxygen atoms in total. The number of aryl methyl sites for hydroxylation is 2. The van der Waals surface area contributed by atoms with Crippen LogP contribution < -0.4 is 20.1 Å². The fourth-order valence-corrected chi connectivity index (χ4v) is 2.48. The SMILES string of the molecule is COc1cc(C(=O)Nc2cc(C)nn2C)cc(NC(=O)CC(F)(F)F)c1OC. The lowest BCUT2D eigenvalue weighted by molar-refractivity contribution is -0.150. The maximum absolute atomic E-state index is 12.6. The summed E-state index contributed by atoms with van der Waals surface area (Å²) in [6, 6.07) is 4.19. The van der Waals surface area contributed by atoms with E-state index in [-0.39, 0.29) is 22.7 Å². The van der Waals surface area contributed by atoms with Crippen molar-refractivity contribution in [2.75, 3.05) is 24.9 Å². The first-order valence-electron chi connectivity index (χ1n) is 7.98. The number of carbonyl (C=O) groups excluding carboxylic acids is 2. The summed E-state index contributed by atoms with van der Waals surface area (Å²) in [5, 5.41) is 8.84. The Morgan fingerprint density at radius 2 is 1.82 bits per heavy atom. The molecule has 0 saturated carbocycles. The zero-order chi connectivity index (χ0) is 21.1. The second kappa shape index (κ2) is 8.19. The number of nitrogens with one attached hydrogen (secondary N) is 2. The third-order valence-corrected chi connectivity index (χ3v) is 3.62. The number of halogens is 3. The van der Waals surface area contributed by atoms with Crippen molar-refractivity contribution >= 4 is 23.3 Å². The molecule has 2 amide bonds. The summed E-state index contributed by atoms with van der Waals surface area (Å²) in [4.78, 5) is 24.2. The summed E-state index contributed by atoms with van der Waals surface area (Å²) in [7, 11) is 4.20. The second-order valence-electron chi connectivity index (χ2n) is 5.85. The summed E-state index contributed by atoms with van der Waals surface area (Å²) >= 11 is 0. The van der Waals surface area contributed by atoms with E-state index in [1.54, 1.807) is 20.0 Å². The van der Waals surface area contributed by atoms with Crippen molar-refractivity contribution in [3.05, 3.63) is 29.5 Å². The molecule has 0 aliphatic carbocycles. The highest BCUT2D eigenvalue weighted by atomic mass is 19.4. The molecule has 0 spiro atoms. The Hall–Kier alpha value is -3.24. The van der Waals surface area contributed by atoms with Gasteiger partial charge in [-0.05, 0) is 19.1 Å². The smallest absolute Gasteiger partial charge is 0.397 e. The fourth-order valence-electron chi connectivity index (χ4n) is 2.48. The molecule has 2 rings (SSSR count). The number of alkyl halides is 3. The van der Waals surface area contributed by atoms with Crippen molar-refractivity contribution in [2.24, 2.45) is 7.05 Å². The molecule has 0 aliphatic rings. The van der Waals surface area contributed by atoms with Crippen LogP contribution in [-0.2, 0) is 11.8 Å². The molecule has 0 atom stereocenters. The Labute approximate surface area is 158 Å². The number of benzene rings is 1. The molecule has 0 aliphatic heterocycles. The van der Waals surface area contributed by atoms with Crippen molar-refractivity contribution < 1.29 is 32.2 Å². The van der Waals surface area contributed by atoms with Gasteiger partial charge in [-0.3, -0.25) is 14.3 Å². The van der Waals surface area contributed by atoms with E-state index >= 15 is 0 Å². The lowest BCUT2D eigenvalue weighted by atomic mass is 10.1. The van der Waals surface area contributed by atoms with Gasteiger partial charge in [0.1, 0.15) is 12.2 Å². The van der Waals surface area contributed by atoms with Gasteiger partial charge in [0.2, 0.25) is 5.91 Å². The van der Waals surface area contributed by atoms with Crippen LogP contribution in [0, 0.1) is 6.92 Å². The van der Waals surface area contributed by atoms with Crippen LogP contribution in [0.15, 0.2) is 18.2 Å². The van der Waals surface area contributed by atoms with Crippen LogP contribution in [0.3, 0.4) is 0 Å². The van der Waals surface area contributed by atoms with Gasteiger partial charge in [-0.25, -0.2) is 0 Å². The maximum atomic E-state index is 12.6. The van der Waals surface area contributed by atoms with E-state index < -0.39 is 24.4 Å². The lowest BCUT2D eigenvalue weighted by Gasteiger charge is -2.16. The van der Waals surface area contributed by atoms with Crippen LogP contribution in [0.25, 0.3) is 0 Å². The van der Waals surface area contributed by atoms with Crippen molar-refractivity contribution in [2.45, 2.75) is 19.5 Å². The van der Waals surface area contributed by atoms with Crippen LogP contribution in [0.4, 0.5) is 24.7 Å². The molecule has 1 aromatic carbocycles. The predicted octanol–water partition coefficient (Wildman–Crippen LogP) is 2.89. The second-order valence-corrected chi connectivity index (χ2v) is 5.85. The lowest BCUT2D eigenvalue weighted by Crippen LogP contribution is -2.22. The Kier molecular flexibility index (Phi) is 6.16. The fraction of sp³-hybridized carbons (Fsp3) is 0.353. The van der Waals surface area contributed by atoms with E-state index in [1.165, 1.54) is 31.0 Å². The molecule has 1 heterocycles. The van der Waals surface area contributed by atoms with Crippen LogP contribution in [-0.4, -0.2) is 42.0 Å². The molecule has 1 aromatic heterocycles. The number of hydrogen-bond donors (Lipinski definition) is 2. The number of carbonyl (C=O) groups is 2. The van der Waals surface area contributed by atoms with E-state index in [0.717, 1.165) is 0 Å². The molecule has 0 saturated heterocycles. The van der Waals surface area contributed by atoms with Crippen molar-refractivity contribution in [3.63, 3.8) is 0 Å². The Morgan fingerprint density at radius 1 is 1.14 bits per heavy atom. The van der Waals surface area contributed by atoms with Crippen LogP contribution in [0.5, 0.6) is 11.5 Å². The van der Waals surface area contributed by atoms with E-state index in [2.05, 4.69) is 15.7 Å². The van der Waals surface area contributed by atoms with Gasteiger partial charge in [-0.15, -0.1) is 0 Å². The highest BCUT2D eigenvalue weighted by Gasteiger charge is 2.32. The standard InChI is InChI=1S/C17H19F3N4O4/c1-9-5-13(24(2)23-9)22-16(26)10-6-11(15(28-4)12(7-10)27-3)21-14(25)8-17(18,19)20/h5-7H,8H2,1-4H3,(H,21,25)(H,22,26). The zero-order valence-corrected chi connectivity index (χ0v) is 15.6. The average Bonchev–Trinajstić information content (AvgIpc) is 2.89. The molecule has 152 valence electrons. The molecule has 0 unspecified atom stereocenters. The number of aromatic nitrogens is 2. The highest BCUT2D eigenvalue weighted by Crippen LogP contribution is 2.37. The van der Waals surface area contributed by atoms with Crippen LogP contribution in [0.1, 0.15) is 22.5 Å². The molecule has 0 radical (unpaired) electrons. The summed E-state index contributed by atoms with van der Waals surface area (Å²) in [5.74, 6) is -1.40. The minimum Gasteiger partial charge on any atom is -0.493 e. The number of amides is 2. The third kappa shape index (κ3) is 5.15. The highest BCUT2D eigenvalue weighted by molar-refractivity contribution is 6.06. The first-order valence-corrected chi connectivity index (χ1v) is 7.98. The quantitative estimate of drug-likeness (QED) is 0.778. The van der Waals surface area contributed by atoms with E-state index in [0.29, 0.717) is 11.5 Å².